The van der Waals surface area contributed by atoms with Crippen molar-refractivity contribution in [3.8, 4) is 0 Å². The maximum absolute atomic E-state index is 13.0. The van der Waals surface area contributed by atoms with Crippen LogP contribution in [-0.4, -0.2) is 33.2 Å². The van der Waals surface area contributed by atoms with Crippen LogP contribution in [0.5, 0.6) is 0 Å². The summed E-state index contributed by atoms with van der Waals surface area (Å²) in [6.07, 6.45) is 7.29. The van der Waals surface area contributed by atoms with Crippen molar-refractivity contribution in [3.05, 3.63) is 71.2 Å². The van der Waals surface area contributed by atoms with Crippen LogP contribution in [0.3, 0.4) is 0 Å². The summed E-state index contributed by atoms with van der Waals surface area (Å²) < 4.78 is 0. The van der Waals surface area contributed by atoms with Crippen molar-refractivity contribution < 1.29 is 10.0 Å². The number of carbonyl (C=O) groups excluding carboxylic acids is 1. The Morgan fingerprint density at radius 3 is 2.67 bits per heavy atom. The summed E-state index contributed by atoms with van der Waals surface area (Å²) >= 11 is 0. The highest BCUT2D eigenvalue weighted by atomic mass is 16.5. The molecule has 2 atom stereocenters. The third-order valence-corrected chi connectivity index (χ3v) is 5.93. The van der Waals surface area contributed by atoms with Crippen molar-refractivity contribution in [2.75, 3.05) is 0 Å². The van der Waals surface area contributed by atoms with Gasteiger partial charge in [0, 0.05) is 23.3 Å². The Balaban J connectivity index is 1.62. The molecule has 156 valence electrons. The summed E-state index contributed by atoms with van der Waals surface area (Å²) in [5, 5.41) is 13.5. The topological polar surface area (TPSA) is 87.1 Å². The van der Waals surface area contributed by atoms with Gasteiger partial charge in [0.05, 0.1) is 11.6 Å². The van der Waals surface area contributed by atoms with Crippen molar-refractivity contribution in [3.63, 3.8) is 0 Å². The number of para-hydroxylation sites is 1. The van der Waals surface area contributed by atoms with E-state index in [1.54, 1.807) is 0 Å². The van der Waals surface area contributed by atoms with E-state index in [2.05, 4.69) is 39.8 Å². The molecule has 6 nitrogen and oxygen atoms in total. The van der Waals surface area contributed by atoms with Gasteiger partial charge in [0.2, 0.25) is 0 Å². The van der Waals surface area contributed by atoms with Crippen molar-refractivity contribution in [1.82, 2.24) is 20.8 Å². The molecule has 1 aliphatic rings. The number of nitrogens with zero attached hydrogens (tertiary/aromatic N) is 2. The van der Waals surface area contributed by atoms with E-state index in [1.807, 2.05) is 36.5 Å². The average Bonchev–Trinajstić information content (AvgIpc) is 2.80. The second kappa shape index (κ2) is 9.32. The number of hydrogen-bond donors (Lipinski definition) is 3. The van der Waals surface area contributed by atoms with E-state index in [-0.39, 0.29) is 18.0 Å². The second-order valence-corrected chi connectivity index (χ2v) is 7.97. The van der Waals surface area contributed by atoms with Gasteiger partial charge in [-0.3, -0.25) is 9.78 Å². The number of carbonyl (C=O) groups is 1. The minimum absolute atomic E-state index is 0.0984. The summed E-state index contributed by atoms with van der Waals surface area (Å²) in [7, 11) is 0. The third-order valence-electron chi connectivity index (χ3n) is 5.93. The van der Waals surface area contributed by atoms with Gasteiger partial charge in [-0.15, -0.1) is 0 Å². The molecule has 0 aliphatic heterocycles. The van der Waals surface area contributed by atoms with E-state index < -0.39 is 0 Å². The molecule has 0 spiro atoms. The number of rotatable bonds is 6. The van der Waals surface area contributed by atoms with Crippen LogP contribution in [0.25, 0.3) is 10.9 Å². The van der Waals surface area contributed by atoms with E-state index in [0.717, 1.165) is 59.8 Å². The number of pyridine rings is 2. The zero-order chi connectivity index (χ0) is 20.9. The second-order valence-electron chi connectivity index (χ2n) is 7.97. The van der Waals surface area contributed by atoms with Crippen LogP contribution in [0.1, 0.15) is 59.9 Å². The molecular weight excluding hydrogens is 376 g/mol. The SMILES string of the molecule is CCc1ccc(Cc2cc(C(=O)N[C@H]3CCCC[C@@H]3NO)nc3ccccc23)cn1. The molecule has 3 aromatic rings. The molecule has 1 aliphatic carbocycles. The largest absolute Gasteiger partial charge is 0.346 e. The lowest BCUT2D eigenvalue weighted by Gasteiger charge is -2.30. The number of nitrogens with one attached hydrogen (secondary N) is 2. The number of fused-ring (bicyclic) bond motifs is 1. The molecule has 2 aromatic heterocycles. The first-order chi connectivity index (χ1) is 14.7. The van der Waals surface area contributed by atoms with E-state index in [0.29, 0.717) is 12.1 Å². The Hall–Kier alpha value is -2.83. The molecule has 0 radical (unpaired) electrons. The molecule has 2 heterocycles. The smallest absolute Gasteiger partial charge is 0.270 e. The fourth-order valence-electron chi connectivity index (χ4n) is 4.20. The zero-order valence-corrected chi connectivity index (χ0v) is 17.3. The maximum Gasteiger partial charge on any atom is 0.270 e. The molecule has 1 saturated carbocycles. The number of hydroxylamine groups is 1. The van der Waals surface area contributed by atoms with E-state index in [4.69, 9.17) is 0 Å². The van der Waals surface area contributed by atoms with Gasteiger partial charge >= 0.3 is 0 Å². The summed E-state index contributed by atoms with van der Waals surface area (Å²) in [5.74, 6) is -0.200. The normalized spacial score (nSPS) is 19.0. The van der Waals surface area contributed by atoms with Crippen LogP contribution < -0.4 is 10.8 Å². The minimum atomic E-state index is -0.200. The fraction of sp³-hybridized carbons (Fsp3) is 0.375. The molecule has 0 saturated heterocycles. The molecule has 4 rings (SSSR count). The lowest BCUT2D eigenvalue weighted by molar-refractivity contribution is 0.0747. The van der Waals surface area contributed by atoms with E-state index >= 15 is 0 Å². The summed E-state index contributed by atoms with van der Waals surface area (Å²) in [5.41, 5.74) is 6.79. The molecule has 3 N–H and O–H groups in total. The van der Waals surface area contributed by atoms with Crippen molar-refractivity contribution in [1.29, 1.82) is 0 Å². The van der Waals surface area contributed by atoms with Crippen LogP contribution in [-0.2, 0) is 12.8 Å². The Morgan fingerprint density at radius 1 is 1.13 bits per heavy atom. The predicted molar refractivity (Wildman–Crippen MR) is 117 cm³/mol. The summed E-state index contributed by atoms with van der Waals surface area (Å²) in [6.45, 7) is 2.09. The molecule has 6 heteroatoms. The van der Waals surface area contributed by atoms with Crippen molar-refractivity contribution in [2.45, 2.75) is 57.5 Å². The third kappa shape index (κ3) is 4.50. The van der Waals surface area contributed by atoms with Crippen LogP contribution in [0.2, 0.25) is 0 Å². The molecule has 0 unspecified atom stereocenters. The highest BCUT2D eigenvalue weighted by Crippen LogP contribution is 2.23. The molecule has 1 aromatic carbocycles. The van der Waals surface area contributed by atoms with Crippen LogP contribution >= 0.6 is 0 Å². The van der Waals surface area contributed by atoms with Gasteiger partial charge in [-0.25, -0.2) is 10.5 Å². The molecule has 0 bridgehead atoms. The lowest BCUT2D eigenvalue weighted by atomic mass is 9.90. The molecular formula is C24H28N4O2. The van der Waals surface area contributed by atoms with Crippen molar-refractivity contribution >= 4 is 16.8 Å². The zero-order valence-electron chi connectivity index (χ0n) is 17.3. The fourth-order valence-corrected chi connectivity index (χ4v) is 4.20. The minimum Gasteiger partial charge on any atom is -0.346 e. The van der Waals surface area contributed by atoms with Gasteiger partial charge < -0.3 is 10.5 Å². The number of amides is 1. The Kier molecular flexibility index (Phi) is 6.35. The first kappa shape index (κ1) is 20.4. The number of benzene rings is 1. The van der Waals surface area contributed by atoms with Crippen LogP contribution in [0.15, 0.2) is 48.7 Å². The lowest BCUT2D eigenvalue weighted by Crippen LogP contribution is -2.50. The van der Waals surface area contributed by atoms with Gasteiger partial charge in [-0.05, 0) is 55.0 Å². The van der Waals surface area contributed by atoms with Crippen LogP contribution in [0.4, 0.5) is 0 Å². The van der Waals surface area contributed by atoms with Crippen LogP contribution in [0, 0.1) is 0 Å². The van der Waals surface area contributed by atoms with Crippen molar-refractivity contribution in [2.24, 2.45) is 0 Å². The maximum atomic E-state index is 13.0. The average molecular weight is 405 g/mol. The Labute approximate surface area is 176 Å². The Morgan fingerprint density at radius 2 is 1.93 bits per heavy atom. The van der Waals surface area contributed by atoms with E-state index in [9.17, 15) is 10.0 Å². The Bertz CT molecular complexity index is 1020. The standard InChI is InChI=1S/C24H28N4O2/c1-2-18-12-11-16(15-25-18)13-17-14-23(26-20-8-4-3-7-19(17)20)24(29)27-21-9-5-6-10-22(21)28-30/h3-4,7-8,11-12,14-15,21-22,28,30H,2,5-6,9-10,13H2,1H3,(H,27,29)/t21-,22-/m0/s1. The predicted octanol–water partition coefficient (Wildman–Crippen LogP) is 3.80. The quantitative estimate of drug-likeness (QED) is 0.544. The van der Waals surface area contributed by atoms with Gasteiger partial charge in [0.25, 0.3) is 5.91 Å². The van der Waals surface area contributed by atoms with Gasteiger partial charge in [0.1, 0.15) is 5.69 Å². The highest BCUT2D eigenvalue weighted by molar-refractivity contribution is 5.96. The van der Waals surface area contributed by atoms with Gasteiger partial charge in [-0.1, -0.05) is 44.0 Å². The molecule has 30 heavy (non-hydrogen) atoms. The number of hydrogen-bond acceptors (Lipinski definition) is 5. The highest BCUT2D eigenvalue weighted by Gasteiger charge is 2.27. The number of aromatic nitrogens is 2. The van der Waals surface area contributed by atoms with E-state index in [1.165, 1.54) is 0 Å². The number of aryl methyl sites for hydroxylation is 1. The summed E-state index contributed by atoms with van der Waals surface area (Å²) in [6, 6.07) is 13.7. The summed E-state index contributed by atoms with van der Waals surface area (Å²) in [4.78, 5) is 22.1. The molecule has 1 amide bonds. The van der Waals surface area contributed by atoms with Gasteiger partial charge in [-0.2, -0.15) is 0 Å². The first-order valence-corrected chi connectivity index (χ1v) is 10.7. The molecule has 1 fully saturated rings. The monoisotopic (exact) mass is 404 g/mol. The first-order valence-electron chi connectivity index (χ1n) is 10.7. The van der Waals surface area contributed by atoms with Gasteiger partial charge in [0.15, 0.2) is 0 Å².